The molecule has 1 aromatic heterocycles. The maximum Gasteiger partial charge on any atom is 0.251 e. The van der Waals surface area contributed by atoms with E-state index in [1.807, 2.05) is 18.2 Å². The molecule has 2 aliphatic rings. The van der Waals surface area contributed by atoms with E-state index in [4.69, 9.17) is 21.1 Å². The summed E-state index contributed by atoms with van der Waals surface area (Å²) in [5.74, 6) is 1.24. The quantitative estimate of drug-likeness (QED) is 0.275. The second-order valence-corrected chi connectivity index (χ2v) is 11.1. The zero-order chi connectivity index (χ0) is 26.9. The van der Waals surface area contributed by atoms with Crippen molar-refractivity contribution in [2.45, 2.75) is 56.5 Å². The van der Waals surface area contributed by atoms with Crippen LogP contribution in [-0.4, -0.2) is 41.4 Å². The number of benzene rings is 3. The van der Waals surface area contributed by atoms with Gasteiger partial charge in [0, 0.05) is 36.5 Å². The minimum absolute atomic E-state index is 0.189. The fraction of sp³-hybridized carbons (Fsp3) is 0.344. The normalized spacial score (nSPS) is 21.2. The number of carbonyl (C=O) groups is 1. The Labute approximate surface area is 233 Å². The first-order valence-electron chi connectivity index (χ1n) is 13.6. The van der Waals surface area contributed by atoms with Gasteiger partial charge in [-0.05, 0) is 78.3 Å². The van der Waals surface area contributed by atoms with Crippen molar-refractivity contribution in [3.63, 3.8) is 0 Å². The molecule has 2 fully saturated rings. The third kappa shape index (κ3) is 5.69. The van der Waals surface area contributed by atoms with Gasteiger partial charge in [0.05, 0.1) is 29.9 Å². The largest absolute Gasteiger partial charge is 0.497 e. The summed E-state index contributed by atoms with van der Waals surface area (Å²) in [6.45, 7) is 0.304. The third-order valence-corrected chi connectivity index (χ3v) is 8.13. The Hall–Kier alpha value is -3.32. The Morgan fingerprint density at radius 2 is 1.85 bits per heavy atom. The van der Waals surface area contributed by atoms with Crippen LogP contribution in [0.3, 0.4) is 0 Å². The number of amides is 1. The second kappa shape index (κ2) is 11.0. The molecular formula is C32H33ClN2O4. The number of hydrogen-bond acceptors (Lipinski definition) is 4. The molecule has 3 aromatic carbocycles. The van der Waals surface area contributed by atoms with Gasteiger partial charge in [-0.1, -0.05) is 41.9 Å². The zero-order valence-electron chi connectivity index (χ0n) is 22.0. The lowest BCUT2D eigenvalue weighted by molar-refractivity contribution is -0.124. The molecule has 39 heavy (non-hydrogen) atoms. The van der Waals surface area contributed by atoms with Crippen molar-refractivity contribution in [2.24, 2.45) is 0 Å². The lowest BCUT2D eigenvalue weighted by Crippen LogP contribution is -2.41. The van der Waals surface area contributed by atoms with Gasteiger partial charge in [0.15, 0.2) is 0 Å². The highest BCUT2D eigenvalue weighted by Gasteiger charge is 2.31. The number of halogens is 1. The summed E-state index contributed by atoms with van der Waals surface area (Å²) in [5.41, 5.74) is 5.32. The number of nitrogens with one attached hydrogen (secondary N) is 1. The van der Waals surface area contributed by atoms with Crippen LogP contribution in [0.15, 0.2) is 72.9 Å². The number of rotatable bonds is 8. The Bertz CT molecular complexity index is 1460. The number of hydrogen-bond donors (Lipinski definition) is 2. The fourth-order valence-corrected chi connectivity index (χ4v) is 5.88. The SMILES string of the molecule is COc1ccc(C(=O)NC[C@@H]2C[C@H](O)C[C@H](n3cc(Cc4ccc(C5CC5)cc4)c4c(Cl)cccc43)O2)cc1. The number of methoxy groups -OCH3 is 1. The van der Waals surface area contributed by atoms with Crippen LogP contribution in [0.5, 0.6) is 5.75 Å². The second-order valence-electron chi connectivity index (χ2n) is 10.7. The highest BCUT2D eigenvalue weighted by Crippen LogP contribution is 2.40. The summed E-state index contributed by atoms with van der Waals surface area (Å²) in [4.78, 5) is 12.7. The molecule has 0 radical (unpaired) electrons. The number of aliphatic hydroxyl groups is 1. The predicted molar refractivity (Wildman–Crippen MR) is 153 cm³/mol. The van der Waals surface area contributed by atoms with E-state index in [-0.39, 0.29) is 18.2 Å². The van der Waals surface area contributed by atoms with Crippen LogP contribution in [0, 0.1) is 0 Å². The molecule has 0 bridgehead atoms. The number of aliphatic hydroxyl groups excluding tert-OH is 1. The van der Waals surface area contributed by atoms with Crippen LogP contribution in [-0.2, 0) is 11.2 Å². The molecule has 0 unspecified atom stereocenters. The van der Waals surface area contributed by atoms with Gasteiger partial charge < -0.3 is 24.5 Å². The molecule has 4 aromatic rings. The van der Waals surface area contributed by atoms with Crippen molar-refractivity contribution < 1.29 is 19.4 Å². The maximum atomic E-state index is 12.7. The number of fused-ring (bicyclic) bond motifs is 1. The van der Waals surface area contributed by atoms with Gasteiger partial charge in [-0.15, -0.1) is 0 Å². The van der Waals surface area contributed by atoms with E-state index in [2.05, 4.69) is 40.3 Å². The molecule has 6 rings (SSSR count). The van der Waals surface area contributed by atoms with E-state index >= 15 is 0 Å². The molecule has 2 heterocycles. The zero-order valence-corrected chi connectivity index (χ0v) is 22.7. The van der Waals surface area contributed by atoms with Crippen LogP contribution in [0.2, 0.25) is 5.02 Å². The van der Waals surface area contributed by atoms with Crippen molar-refractivity contribution >= 4 is 28.4 Å². The summed E-state index contributed by atoms with van der Waals surface area (Å²) >= 11 is 6.72. The third-order valence-electron chi connectivity index (χ3n) is 7.82. The number of ether oxygens (including phenoxy) is 2. The summed E-state index contributed by atoms with van der Waals surface area (Å²) in [5, 5.41) is 15.4. The van der Waals surface area contributed by atoms with E-state index in [1.165, 1.54) is 24.0 Å². The van der Waals surface area contributed by atoms with Crippen molar-refractivity contribution in [3.05, 3.63) is 100 Å². The first kappa shape index (κ1) is 25.9. The Kier molecular flexibility index (Phi) is 7.34. The molecule has 202 valence electrons. The van der Waals surface area contributed by atoms with Crippen LogP contribution in [0.1, 0.15) is 64.9 Å². The van der Waals surface area contributed by atoms with Gasteiger partial charge in [-0.2, -0.15) is 0 Å². The standard InChI is InChI=1S/C32H33ClN2O4/c1-38-26-13-11-23(12-14-26)32(37)34-18-27-16-25(36)17-30(39-27)35-19-24(31-28(33)3-2-4-29(31)35)15-20-5-7-21(8-6-20)22-9-10-22/h2-8,11-14,19,22,25,27,30,36H,9-10,15-18H2,1H3,(H,34,37)/t25-,27-,30+/m0/s1. The summed E-state index contributed by atoms with van der Waals surface area (Å²) in [6.07, 6.45) is 5.15. The van der Waals surface area contributed by atoms with Crippen LogP contribution in [0.4, 0.5) is 0 Å². The van der Waals surface area contributed by atoms with E-state index in [9.17, 15) is 9.90 Å². The highest BCUT2D eigenvalue weighted by molar-refractivity contribution is 6.35. The van der Waals surface area contributed by atoms with Crippen LogP contribution < -0.4 is 10.1 Å². The first-order valence-corrected chi connectivity index (χ1v) is 14.0. The monoisotopic (exact) mass is 544 g/mol. The maximum absolute atomic E-state index is 12.7. The summed E-state index contributed by atoms with van der Waals surface area (Å²) in [7, 11) is 1.59. The molecule has 7 heteroatoms. The summed E-state index contributed by atoms with van der Waals surface area (Å²) in [6, 6.07) is 21.8. The lowest BCUT2D eigenvalue weighted by Gasteiger charge is -2.34. The van der Waals surface area contributed by atoms with Crippen molar-refractivity contribution in [2.75, 3.05) is 13.7 Å². The van der Waals surface area contributed by atoms with E-state index in [0.29, 0.717) is 35.7 Å². The Balaban J connectivity index is 1.20. The molecule has 2 N–H and O–H groups in total. The van der Waals surface area contributed by atoms with E-state index in [0.717, 1.165) is 28.8 Å². The van der Waals surface area contributed by atoms with Gasteiger partial charge in [0.25, 0.3) is 5.91 Å². The molecule has 1 aliphatic heterocycles. The lowest BCUT2D eigenvalue weighted by atomic mass is 10.0. The minimum Gasteiger partial charge on any atom is -0.497 e. The molecule has 1 saturated carbocycles. The van der Waals surface area contributed by atoms with Crippen molar-refractivity contribution in [1.29, 1.82) is 0 Å². The first-order chi connectivity index (χ1) is 19.0. The molecular weight excluding hydrogens is 512 g/mol. The molecule has 1 saturated heterocycles. The molecule has 0 spiro atoms. The van der Waals surface area contributed by atoms with Crippen molar-refractivity contribution in [1.82, 2.24) is 9.88 Å². The topological polar surface area (TPSA) is 72.7 Å². The number of carbonyl (C=O) groups excluding carboxylic acids is 1. The number of nitrogens with zero attached hydrogens (tertiary/aromatic N) is 1. The minimum atomic E-state index is -0.540. The van der Waals surface area contributed by atoms with Gasteiger partial charge in [0.2, 0.25) is 0 Å². The molecule has 1 aliphatic carbocycles. The fourth-order valence-electron chi connectivity index (χ4n) is 5.59. The van der Waals surface area contributed by atoms with Gasteiger partial charge >= 0.3 is 0 Å². The number of aromatic nitrogens is 1. The molecule has 1 amide bonds. The average molecular weight is 545 g/mol. The predicted octanol–water partition coefficient (Wildman–Crippen LogP) is 6.24. The van der Waals surface area contributed by atoms with Crippen LogP contribution >= 0.6 is 11.6 Å². The van der Waals surface area contributed by atoms with Crippen molar-refractivity contribution in [3.8, 4) is 5.75 Å². The van der Waals surface area contributed by atoms with E-state index in [1.54, 1.807) is 31.4 Å². The Morgan fingerprint density at radius 3 is 2.56 bits per heavy atom. The average Bonchev–Trinajstić information content (AvgIpc) is 3.74. The summed E-state index contributed by atoms with van der Waals surface area (Å²) < 4.78 is 13.7. The van der Waals surface area contributed by atoms with Crippen LogP contribution in [0.25, 0.3) is 10.9 Å². The van der Waals surface area contributed by atoms with Gasteiger partial charge in [0.1, 0.15) is 12.0 Å². The highest BCUT2D eigenvalue weighted by atomic mass is 35.5. The van der Waals surface area contributed by atoms with E-state index < -0.39 is 6.10 Å². The smallest absolute Gasteiger partial charge is 0.251 e. The Morgan fingerprint density at radius 1 is 1.08 bits per heavy atom. The van der Waals surface area contributed by atoms with Gasteiger partial charge in [-0.25, -0.2) is 0 Å². The van der Waals surface area contributed by atoms with Gasteiger partial charge in [-0.3, -0.25) is 4.79 Å². The molecule has 3 atom stereocenters. The molecule has 6 nitrogen and oxygen atoms in total.